The maximum absolute atomic E-state index is 12.6. The summed E-state index contributed by atoms with van der Waals surface area (Å²) in [4.78, 5) is 24.1. The first-order valence-corrected chi connectivity index (χ1v) is 9.08. The summed E-state index contributed by atoms with van der Waals surface area (Å²) < 4.78 is 2.60. The molecule has 128 valence electrons. The quantitative estimate of drug-likeness (QED) is 0.588. The number of hydrogen-bond donors (Lipinski definition) is 1. The number of fused-ring (bicyclic) bond motifs is 1. The summed E-state index contributed by atoms with van der Waals surface area (Å²) >= 11 is 8.55. The number of carboxylic acid groups (broad SMARTS) is 1. The predicted octanol–water partition coefficient (Wildman–Crippen LogP) is 3.96. The summed E-state index contributed by atoms with van der Waals surface area (Å²) in [5, 5.41) is 14.1. The van der Waals surface area contributed by atoms with Gasteiger partial charge in [0, 0.05) is 3.57 Å². The van der Waals surface area contributed by atoms with Gasteiger partial charge in [-0.2, -0.15) is 5.10 Å². The molecule has 7 heteroatoms. The third kappa shape index (κ3) is 3.41. The molecule has 1 aromatic heterocycles. The lowest BCUT2D eigenvalue weighted by Gasteiger charge is -2.14. The van der Waals surface area contributed by atoms with E-state index in [1.807, 2.05) is 31.2 Å². The fourth-order valence-corrected chi connectivity index (χ4v) is 3.37. The van der Waals surface area contributed by atoms with Crippen LogP contribution in [-0.4, -0.2) is 20.9 Å². The van der Waals surface area contributed by atoms with Gasteiger partial charge in [-0.05, 0) is 58.3 Å². The molecule has 0 radical (unpaired) electrons. The van der Waals surface area contributed by atoms with E-state index in [0.717, 1.165) is 14.7 Å². The van der Waals surface area contributed by atoms with E-state index in [1.165, 1.54) is 4.68 Å². The Bertz CT molecular complexity index is 1030. The highest BCUT2D eigenvalue weighted by Crippen LogP contribution is 2.25. The van der Waals surface area contributed by atoms with Gasteiger partial charge in [0.15, 0.2) is 0 Å². The minimum Gasteiger partial charge on any atom is -0.476 e. The summed E-state index contributed by atoms with van der Waals surface area (Å²) in [7, 11) is 0. The summed E-state index contributed by atoms with van der Waals surface area (Å²) in [5.41, 5.74) is 1.07. The zero-order chi connectivity index (χ0) is 18.1. The van der Waals surface area contributed by atoms with Crippen molar-refractivity contribution < 1.29 is 9.90 Å². The van der Waals surface area contributed by atoms with Crippen LogP contribution in [0.5, 0.6) is 0 Å². The van der Waals surface area contributed by atoms with E-state index in [1.54, 1.807) is 12.1 Å². The molecule has 0 fully saturated rings. The van der Waals surface area contributed by atoms with Crippen LogP contribution in [0.4, 0.5) is 0 Å². The van der Waals surface area contributed by atoms with Crippen molar-refractivity contribution in [3.05, 3.63) is 72.0 Å². The maximum Gasteiger partial charge on any atom is 0.360 e. The lowest BCUT2D eigenvalue weighted by atomic mass is 10.0. The van der Waals surface area contributed by atoms with Crippen LogP contribution in [0.25, 0.3) is 10.9 Å². The van der Waals surface area contributed by atoms with Crippen LogP contribution < -0.4 is 5.43 Å². The number of hydrogen-bond acceptors (Lipinski definition) is 3. The second-order valence-corrected chi connectivity index (χ2v) is 7.20. The Morgan fingerprint density at radius 1 is 1.24 bits per heavy atom. The molecule has 0 aliphatic rings. The van der Waals surface area contributed by atoms with Crippen LogP contribution in [0.3, 0.4) is 0 Å². The summed E-state index contributed by atoms with van der Waals surface area (Å²) in [6, 6.07) is 11.3. The topological polar surface area (TPSA) is 72.2 Å². The van der Waals surface area contributed by atoms with Crippen LogP contribution in [0, 0.1) is 3.57 Å². The molecular formula is C18H14ClIN2O3. The SMILES string of the molecule is CCc1ccc(Cl)c2c1c(=O)c(C(=O)O)nn2Cc1ccc(I)cc1. The monoisotopic (exact) mass is 468 g/mol. The number of benzene rings is 2. The highest BCUT2D eigenvalue weighted by molar-refractivity contribution is 14.1. The van der Waals surface area contributed by atoms with Crippen molar-refractivity contribution >= 4 is 51.1 Å². The minimum atomic E-state index is -1.34. The molecule has 0 spiro atoms. The van der Waals surface area contributed by atoms with Crippen LogP contribution >= 0.6 is 34.2 Å². The Morgan fingerprint density at radius 3 is 2.52 bits per heavy atom. The normalized spacial score (nSPS) is 11.0. The van der Waals surface area contributed by atoms with Gasteiger partial charge in [0.25, 0.3) is 0 Å². The minimum absolute atomic E-state index is 0.320. The Hall–Kier alpha value is -1.93. The van der Waals surface area contributed by atoms with Gasteiger partial charge in [0.2, 0.25) is 11.1 Å². The molecule has 1 heterocycles. The highest BCUT2D eigenvalue weighted by atomic mass is 127. The molecule has 0 saturated carbocycles. The third-order valence-electron chi connectivity index (χ3n) is 3.97. The molecule has 2 aromatic carbocycles. The van der Waals surface area contributed by atoms with E-state index in [4.69, 9.17) is 11.6 Å². The third-order valence-corrected chi connectivity index (χ3v) is 4.99. The lowest BCUT2D eigenvalue weighted by Crippen LogP contribution is -2.24. The zero-order valence-corrected chi connectivity index (χ0v) is 16.2. The van der Waals surface area contributed by atoms with Crippen molar-refractivity contribution in [1.82, 2.24) is 9.78 Å². The summed E-state index contributed by atoms with van der Waals surface area (Å²) in [6.45, 7) is 2.23. The average Bonchev–Trinajstić information content (AvgIpc) is 2.59. The predicted molar refractivity (Wildman–Crippen MR) is 106 cm³/mol. The molecular weight excluding hydrogens is 455 g/mol. The van der Waals surface area contributed by atoms with Gasteiger partial charge in [-0.3, -0.25) is 9.48 Å². The van der Waals surface area contributed by atoms with Crippen molar-refractivity contribution in [2.75, 3.05) is 0 Å². The smallest absolute Gasteiger partial charge is 0.360 e. The van der Waals surface area contributed by atoms with Gasteiger partial charge < -0.3 is 5.11 Å². The molecule has 3 aromatic rings. The Morgan fingerprint density at radius 2 is 1.92 bits per heavy atom. The number of aromatic carboxylic acids is 1. The molecule has 0 aliphatic carbocycles. The van der Waals surface area contributed by atoms with Crippen LogP contribution in [0.15, 0.2) is 41.2 Å². The fraction of sp³-hybridized carbons (Fsp3) is 0.167. The molecule has 0 amide bonds. The zero-order valence-electron chi connectivity index (χ0n) is 13.3. The Kier molecular flexibility index (Phi) is 5.10. The lowest BCUT2D eigenvalue weighted by molar-refractivity contribution is 0.0686. The second-order valence-electron chi connectivity index (χ2n) is 5.55. The number of carbonyl (C=O) groups is 1. The molecule has 0 bridgehead atoms. The van der Waals surface area contributed by atoms with E-state index in [-0.39, 0.29) is 0 Å². The molecule has 0 saturated heterocycles. The standard InChI is InChI=1S/C18H14ClIN2O3/c1-2-11-5-8-13(19)16-14(11)17(23)15(18(24)25)21-22(16)9-10-3-6-12(20)7-4-10/h3-8H,2,9H2,1H3,(H,24,25). The first-order chi connectivity index (χ1) is 11.9. The highest BCUT2D eigenvalue weighted by Gasteiger charge is 2.20. The van der Waals surface area contributed by atoms with Gasteiger partial charge >= 0.3 is 5.97 Å². The number of aryl methyl sites for hydroxylation is 1. The first-order valence-electron chi connectivity index (χ1n) is 7.62. The van der Waals surface area contributed by atoms with Crippen LogP contribution in [0.1, 0.15) is 28.5 Å². The van der Waals surface area contributed by atoms with Crippen LogP contribution in [-0.2, 0) is 13.0 Å². The van der Waals surface area contributed by atoms with E-state index in [0.29, 0.717) is 28.9 Å². The average molecular weight is 469 g/mol. The van der Waals surface area contributed by atoms with E-state index in [9.17, 15) is 14.7 Å². The van der Waals surface area contributed by atoms with Crippen molar-refractivity contribution in [2.24, 2.45) is 0 Å². The fourth-order valence-electron chi connectivity index (χ4n) is 2.76. The van der Waals surface area contributed by atoms with Crippen molar-refractivity contribution in [2.45, 2.75) is 19.9 Å². The summed E-state index contributed by atoms with van der Waals surface area (Å²) in [5.74, 6) is -1.34. The molecule has 5 nitrogen and oxygen atoms in total. The van der Waals surface area contributed by atoms with Crippen molar-refractivity contribution in [3.8, 4) is 0 Å². The number of rotatable bonds is 4. The van der Waals surface area contributed by atoms with Crippen molar-refractivity contribution in [1.29, 1.82) is 0 Å². The molecule has 0 aliphatic heterocycles. The van der Waals surface area contributed by atoms with Gasteiger partial charge in [-0.25, -0.2) is 4.79 Å². The number of nitrogens with zero attached hydrogens (tertiary/aromatic N) is 2. The molecule has 0 atom stereocenters. The number of aromatic nitrogens is 2. The second kappa shape index (κ2) is 7.13. The van der Waals surface area contributed by atoms with Crippen LogP contribution in [0.2, 0.25) is 5.02 Å². The molecule has 1 N–H and O–H groups in total. The Balaban J connectivity index is 2.33. The van der Waals surface area contributed by atoms with E-state index >= 15 is 0 Å². The first kappa shape index (κ1) is 17.9. The van der Waals surface area contributed by atoms with Crippen molar-refractivity contribution in [3.63, 3.8) is 0 Å². The molecule has 3 rings (SSSR count). The van der Waals surface area contributed by atoms with Gasteiger partial charge in [0.05, 0.1) is 22.5 Å². The Labute approximate surface area is 162 Å². The van der Waals surface area contributed by atoms with Gasteiger partial charge in [-0.1, -0.05) is 36.7 Å². The van der Waals surface area contributed by atoms with E-state index < -0.39 is 17.1 Å². The van der Waals surface area contributed by atoms with E-state index in [2.05, 4.69) is 27.7 Å². The number of carboxylic acids is 1. The summed E-state index contributed by atoms with van der Waals surface area (Å²) in [6.07, 6.45) is 0.593. The van der Waals surface area contributed by atoms with Gasteiger partial charge in [-0.15, -0.1) is 0 Å². The molecule has 0 unspecified atom stereocenters. The maximum atomic E-state index is 12.6. The molecule has 25 heavy (non-hydrogen) atoms. The largest absolute Gasteiger partial charge is 0.476 e. The van der Waals surface area contributed by atoms with Gasteiger partial charge in [0.1, 0.15) is 0 Å². The number of halogens is 2.